The molecule has 0 aliphatic rings. The summed E-state index contributed by atoms with van der Waals surface area (Å²) < 4.78 is 0. The van der Waals surface area contributed by atoms with E-state index in [-0.39, 0.29) is 0 Å². The molecule has 0 fully saturated rings. The minimum Gasteiger partial charge on any atom is -0.331 e. The van der Waals surface area contributed by atoms with Gasteiger partial charge in [0.25, 0.3) is 0 Å². The van der Waals surface area contributed by atoms with Gasteiger partial charge in [-0.05, 0) is 10.4 Å². The molecule has 0 spiro atoms. The van der Waals surface area contributed by atoms with Crippen LogP contribution in [0.4, 0.5) is 0 Å². The van der Waals surface area contributed by atoms with E-state index >= 15 is 0 Å². The second-order valence-corrected chi connectivity index (χ2v) is 2.01. The van der Waals surface area contributed by atoms with Crippen molar-refractivity contribution in [3.05, 3.63) is 34.7 Å². The van der Waals surface area contributed by atoms with Gasteiger partial charge >= 0.3 is 0 Å². The summed E-state index contributed by atoms with van der Waals surface area (Å²) in [5.41, 5.74) is 2.46. The number of hydrogen-bond donors (Lipinski definition) is 2. The Kier molecular flexibility index (Phi) is 2.07. The summed E-state index contributed by atoms with van der Waals surface area (Å²) in [7, 11) is 0. The van der Waals surface area contributed by atoms with Crippen molar-refractivity contribution >= 4 is 12.8 Å². The summed E-state index contributed by atoms with van der Waals surface area (Å²) in [6.45, 7) is 3.81. The molecule has 0 unspecified atom stereocenters. The highest BCUT2D eigenvalue weighted by molar-refractivity contribution is 5.23. The molecule has 0 bridgehead atoms. The molecule has 2 heteroatoms. The van der Waals surface area contributed by atoms with Gasteiger partial charge in [0.2, 0.25) is 0 Å². The zero-order valence-corrected chi connectivity index (χ0v) is 5.67. The summed E-state index contributed by atoms with van der Waals surface area (Å²) in [5.74, 6) is 5.10. The summed E-state index contributed by atoms with van der Waals surface area (Å²) >= 11 is 0. The van der Waals surface area contributed by atoms with Crippen molar-refractivity contribution < 1.29 is 0 Å². The van der Waals surface area contributed by atoms with Crippen molar-refractivity contribution in [2.75, 3.05) is 0 Å². The van der Waals surface area contributed by atoms with Crippen LogP contribution in [0.1, 0.15) is 0 Å². The van der Waals surface area contributed by atoms with E-state index < -0.39 is 0 Å². The van der Waals surface area contributed by atoms with Crippen molar-refractivity contribution in [2.24, 2.45) is 5.84 Å². The van der Waals surface area contributed by atoms with Crippen LogP contribution in [0.3, 0.4) is 0 Å². The maximum atomic E-state index is 5.10. The van der Waals surface area contributed by atoms with Gasteiger partial charge in [-0.25, -0.2) is 0 Å². The maximum Gasteiger partial charge on any atom is 0.0201 e. The van der Waals surface area contributed by atoms with Gasteiger partial charge in [0.05, 0.1) is 0 Å². The van der Waals surface area contributed by atoms with E-state index in [0.29, 0.717) is 0 Å². The van der Waals surface area contributed by atoms with Crippen molar-refractivity contribution in [2.45, 2.75) is 0 Å². The monoisotopic (exact) mass is 134 g/mol. The van der Waals surface area contributed by atoms with Crippen LogP contribution in [0.2, 0.25) is 0 Å². The molecule has 0 radical (unpaired) electrons. The molecule has 0 aliphatic carbocycles. The Balaban J connectivity index is 3.29. The molecule has 1 aromatic carbocycles. The van der Waals surface area contributed by atoms with E-state index in [2.05, 4.69) is 12.0 Å². The van der Waals surface area contributed by atoms with Crippen LogP contribution in [0, 0.1) is 0 Å². The van der Waals surface area contributed by atoms with Crippen molar-refractivity contribution in [1.29, 1.82) is 0 Å². The highest BCUT2D eigenvalue weighted by Crippen LogP contribution is 1.67. The maximum absolute atomic E-state index is 5.10. The Labute approximate surface area is 59.6 Å². The van der Waals surface area contributed by atoms with E-state index in [1.54, 1.807) is 6.20 Å². The number of hydrazine groups is 1. The van der Waals surface area contributed by atoms with Gasteiger partial charge in [-0.2, -0.15) is 0 Å². The second kappa shape index (κ2) is 3.03. The lowest BCUT2D eigenvalue weighted by atomic mass is 10.3. The molecule has 3 N–H and O–H groups in total. The van der Waals surface area contributed by atoms with Crippen LogP contribution in [0.15, 0.2) is 24.3 Å². The van der Waals surface area contributed by atoms with E-state index in [1.807, 2.05) is 24.3 Å². The number of nitrogens with one attached hydrogen (secondary N) is 1. The Hall–Kier alpha value is -1.28. The van der Waals surface area contributed by atoms with Crippen LogP contribution in [-0.2, 0) is 0 Å². The normalized spacial score (nSPS) is 11.5. The predicted octanol–water partition coefficient (Wildman–Crippen LogP) is -0.702. The van der Waals surface area contributed by atoms with Crippen molar-refractivity contribution in [3.8, 4) is 0 Å². The van der Waals surface area contributed by atoms with Gasteiger partial charge < -0.3 is 5.43 Å². The fourth-order valence-corrected chi connectivity index (χ4v) is 0.765. The standard InChI is InChI=1S/C8H10N2/c1-7-4-2-3-5-8(7)6-10-9/h2-6,10H,1,9H2/b8-6-. The summed E-state index contributed by atoms with van der Waals surface area (Å²) in [6, 6.07) is 7.76. The zero-order valence-electron chi connectivity index (χ0n) is 5.67. The molecule has 0 heterocycles. The molecule has 0 amide bonds. The van der Waals surface area contributed by atoms with Gasteiger partial charge in [-0.3, -0.25) is 5.84 Å². The smallest absolute Gasteiger partial charge is 0.0201 e. The SMILES string of the molecule is C=c1cccc/c1=C/NN. The molecule has 0 aromatic heterocycles. The predicted molar refractivity (Wildman–Crippen MR) is 43.0 cm³/mol. The lowest BCUT2D eigenvalue weighted by Gasteiger charge is -1.87. The van der Waals surface area contributed by atoms with Crippen LogP contribution in [0.25, 0.3) is 12.8 Å². The fraction of sp³-hybridized carbons (Fsp3) is 0. The summed E-state index contributed by atoms with van der Waals surface area (Å²) in [5, 5.41) is 1.99. The van der Waals surface area contributed by atoms with Gasteiger partial charge in [0, 0.05) is 6.20 Å². The first-order valence-electron chi connectivity index (χ1n) is 3.05. The van der Waals surface area contributed by atoms with Gasteiger partial charge in [-0.15, -0.1) is 0 Å². The topological polar surface area (TPSA) is 38.0 Å². The lowest BCUT2D eigenvalue weighted by Crippen LogP contribution is -2.27. The molecule has 0 saturated heterocycles. The molecular formula is C8H10N2. The first-order valence-corrected chi connectivity index (χ1v) is 3.05. The fourth-order valence-electron chi connectivity index (χ4n) is 0.765. The molecule has 2 nitrogen and oxygen atoms in total. The number of nitrogens with two attached hydrogens (primary N) is 1. The van der Waals surface area contributed by atoms with Gasteiger partial charge in [0.1, 0.15) is 0 Å². The number of benzene rings is 1. The second-order valence-electron chi connectivity index (χ2n) is 2.01. The highest BCUT2D eigenvalue weighted by Gasteiger charge is 1.76. The minimum absolute atomic E-state index is 0.973. The van der Waals surface area contributed by atoms with Crippen molar-refractivity contribution in [3.63, 3.8) is 0 Å². The van der Waals surface area contributed by atoms with Gasteiger partial charge in [0.15, 0.2) is 0 Å². The average Bonchev–Trinajstić information content (AvgIpc) is 1.94. The Morgan fingerprint density at radius 1 is 1.40 bits per heavy atom. The molecule has 10 heavy (non-hydrogen) atoms. The van der Waals surface area contributed by atoms with Crippen LogP contribution < -0.4 is 21.7 Å². The first-order chi connectivity index (χ1) is 4.84. The Bertz CT molecular complexity index is 303. The summed E-state index contributed by atoms with van der Waals surface area (Å²) in [4.78, 5) is 0. The molecular weight excluding hydrogens is 124 g/mol. The average molecular weight is 134 g/mol. The zero-order chi connectivity index (χ0) is 7.40. The molecule has 1 rings (SSSR count). The quantitative estimate of drug-likeness (QED) is 0.393. The first kappa shape index (κ1) is 6.83. The Morgan fingerprint density at radius 3 is 2.70 bits per heavy atom. The third-order valence-corrected chi connectivity index (χ3v) is 1.29. The minimum atomic E-state index is 0.973. The molecule has 0 saturated carbocycles. The molecule has 52 valence electrons. The highest BCUT2D eigenvalue weighted by atomic mass is 15.2. The lowest BCUT2D eigenvalue weighted by molar-refractivity contribution is 1.02. The van der Waals surface area contributed by atoms with E-state index in [0.717, 1.165) is 10.4 Å². The Morgan fingerprint density at radius 2 is 2.10 bits per heavy atom. The number of hydrogen-bond acceptors (Lipinski definition) is 2. The van der Waals surface area contributed by atoms with E-state index in [4.69, 9.17) is 5.84 Å². The molecule has 0 aliphatic heterocycles. The molecule has 0 atom stereocenters. The van der Waals surface area contributed by atoms with E-state index in [9.17, 15) is 0 Å². The number of rotatable bonds is 1. The largest absolute Gasteiger partial charge is 0.331 e. The third kappa shape index (κ3) is 1.36. The van der Waals surface area contributed by atoms with Gasteiger partial charge in [-0.1, -0.05) is 30.8 Å². The van der Waals surface area contributed by atoms with Crippen molar-refractivity contribution in [1.82, 2.24) is 5.43 Å². The third-order valence-electron chi connectivity index (χ3n) is 1.29. The van der Waals surface area contributed by atoms with Crippen LogP contribution in [-0.4, -0.2) is 0 Å². The van der Waals surface area contributed by atoms with E-state index in [1.165, 1.54) is 0 Å². The summed E-state index contributed by atoms with van der Waals surface area (Å²) in [6.07, 6.45) is 1.71. The van der Waals surface area contributed by atoms with Crippen LogP contribution >= 0.6 is 0 Å². The molecule has 1 aromatic rings. The van der Waals surface area contributed by atoms with Crippen LogP contribution in [0.5, 0.6) is 0 Å².